The molecular weight excluding hydrogens is 249 g/mol. The van der Waals surface area contributed by atoms with E-state index in [9.17, 15) is 0 Å². The third-order valence-corrected chi connectivity index (χ3v) is 2.44. The van der Waals surface area contributed by atoms with Crippen molar-refractivity contribution in [3.63, 3.8) is 0 Å². The van der Waals surface area contributed by atoms with Gasteiger partial charge in [-0.15, -0.1) is 10.2 Å². The average molecular weight is 256 g/mol. The Hall–Kier alpha value is -1.39. The van der Waals surface area contributed by atoms with Gasteiger partial charge in [0.15, 0.2) is 10.3 Å². The summed E-state index contributed by atoms with van der Waals surface area (Å²) in [6.45, 7) is 0. The third-order valence-electron chi connectivity index (χ3n) is 1.98. The molecule has 2 rings (SSSR count). The number of hydrogen-bond donors (Lipinski definition) is 0. The fourth-order valence-electron chi connectivity index (χ4n) is 1.23. The Balaban J connectivity index is 2.53. The summed E-state index contributed by atoms with van der Waals surface area (Å²) in [6, 6.07) is 3.43. The lowest BCUT2D eigenvalue weighted by atomic mass is 10.1. The summed E-state index contributed by atoms with van der Waals surface area (Å²) in [5, 5.41) is 7.92. The molecular formula is C10H7Cl2N3O. The van der Waals surface area contributed by atoms with E-state index < -0.39 is 0 Å². The molecule has 0 saturated carbocycles. The molecule has 0 aliphatic carbocycles. The van der Waals surface area contributed by atoms with Crippen molar-refractivity contribution in [3.8, 4) is 16.9 Å². The van der Waals surface area contributed by atoms with Crippen LogP contribution in [0.5, 0.6) is 5.75 Å². The molecule has 2 aromatic rings. The van der Waals surface area contributed by atoms with Gasteiger partial charge < -0.3 is 4.74 Å². The van der Waals surface area contributed by atoms with Gasteiger partial charge in [0.2, 0.25) is 0 Å². The van der Waals surface area contributed by atoms with Gasteiger partial charge in [-0.1, -0.05) is 23.2 Å². The molecule has 4 nitrogen and oxygen atoms in total. The molecule has 2 heterocycles. The van der Waals surface area contributed by atoms with Gasteiger partial charge in [-0.05, 0) is 12.1 Å². The summed E-state index contributed by atoms with van der Waals surface area (Å²) >= 11 is 11.7. The molecule has 6 heteroatoms. The van der Waals surface area contributed by atoms with Crippen LogP contribution in [0.1, 0.15) is 0 Å². The number of ether oxygens (including phenoxy) is 1. The summed E-state index contributed by atoms with van der Waals surface area (Å²) in [6.07, 6.45) is 3.26. The Kier molecular flexibility index (Phi) is 3.22. The molecule has 0 amide bonds. The van der Waals surface area contributed by atoms with Crippen molar-refractivity contribution in [2.45, 2.75) is 0 Å². The first-order valence-corrected chi connectivity index (χ1v) is 5.14. The minimum atomic E-state index is 0.277. The SMILES string of the molecule is COc1cncc(-c2cc(Cl)nnc2Cl)c1. The minimum absolute atomic E-state index is 0.277. The van der Waals surface area contributed by atoms with Crippen LogP contribution in [0.3, 0.4) is 0 Å². The highest BCUT2D eigenvalue weighted by atomic mass is 35.5. The van der Waals surface area contributed by atoms with Crippen LogP contribution in [0.15, 0.2) is 24.5 Å². The summed E-state index contributed by atoms with van der Waals surface area (Å²) in [4.78, 5) is 4.03. The highest BCUT2D eigenvalue weighted by Gasteiger charge is 2.08. The zero-order valence-electron chi connectivity index (χ0n) is 8.32. The Morgan fingerprint density at radius 2 is 1.94 bits per heavy atom. The zero-order valence-corrected chi connectivity index (χ0v) is 9.83. The van der Waals surface area contributed by atoms with Crippen LogP contribution < -0.4 is 4.74 Å². The normalized spacial score (nSPS) is 10.2. The van der Waals surface area contributed by atoms with Crippen molar-refractivity contribution in [1.29, 1.82) is 0 Å². The van der Waals surface area contributed by atoms with E-state index in [-0.39, 0.29) is 10.3 Å². The van der Waals surface area contributed by atoms with Gasteiger partial charge in [0, 0.05) is 17.3 Å². The highest BCUT2D eigenvalue weighted by Crippen LogP contribution is 2.28. The molecule has 16 heavy (non-hydrogen) atoms. The number of halogens is 2. The van der Waals surface area contributed by atoms with E-state index in [1.54, 1.807) is 31.6 Å². The van der Waals surface area contributed by atoms with E-state index in [2.05, 4.69) is 15.2 Å². The second kappa shape index (κ2) is 4.63. The van der Waals surface area contributed by atoms with Crippen LogP contribution >= 0.6 is 23.2 Å². The van der Waals surface area contributed by atoms with E-state index >= 15 is 0 Å². The molecule has 82 valence electrons. The molecule has 0 bridgehead atoms. The summed E-state index contributed by atoms with van der Waals surface area (Å²) in [7, 11) is 1.57. The number of methoxy groups -OCH3 is 1. The van der Waals surface area contributed by atoms with Gasteiger partial charge in [-0.3, -0.25) is 4.98 Å². The van der Waals surface area contributed by atoms with Gasteiger partial charge >= 0.3 is 0 Å². The van der Waals surface area contributed by atoms with Gasteiger partial charge in [0.05, 0.1) is 13.3 Å². The smallest absolute Gasteiger partial charge is 0.159 e. The van der Waals surface area contributed by atoms with Crippen LogP contribution in [0, 0.1) is 0 Å². The number of pyridine rings is 1. The second-order valence-electron chi connectivity index (χ2n) is 2.98. The Morgan fingerprint density at radius 3 is 2.69 bits per heavy atom. The van der Waals surface area contributed by atoms with Crippen molar-refractivity contribution in [2.75, 3.05) is 7.11 Å². The van der Waals surface area contributed by atoms with E-state index in [4.69, 9.17) is 27.9 Å². The Morgan fingerprint density at radius 1 is 1.12 bits per heavy atom. The van der Waals surface area contributed by atoms with Crippen molar-refractivity contribution in [2.24, 2.45) is 0 Å². The summed E-state index contributed by atoms with van der Waals surface area (Å²) in [5.41, 5.74) is 1.45. The van der Waals surface area contributed by atoms with E-state index in [1.165, 1.54) is 0 Å². The molecule has 0 spiro atoms. The van der Waals surface area contributed by atoms with Crippen LogP contribution in [0.2, 0.25) is 10.3 Å². The number of aromatic nitrogens is 3. The first-order valence-electron chi connectivity index (χ1n) is 4.39. The lowest BCUT2D eigenvalue weighted by Gasteiger charge is -2.05. The van der Waals surface area contributed by atoms with Gasteiger partial charge in [-0.25, -0.2) is 0 Å². The Labute approximate surface area is 102 Å². The predicted octanol–water partition coefficient (Wildman–Crippen LogP) is 2.85. The third kappa shape index (κ3) is 2.23. The Bertz CT molecular complexity index is 519. The maximum atomic E-state index is 5.93. The lowest BCUT2D eigenvalue weighted by molar-refractivity contribution is 0.413. The molecule has 0 aromatic carbocycles. The molecule has 0 fully saturated rings. The maximum absolute atomic E-state index is 5.93. The van der Waals surface area contributed by atoms with Gasteiger partial charge in [-0.2, -0.15) is 0 Å². The van der Waals surface area contributed by atoms with Crippen LogP contribution in [0.25, 0.3) is 11.1 Å². The van der Waals surface area contributed by atoms with Crippen molar-refractivity contribution in [3.05, 3.63) is 34.8 Å². The van der Waals surface area contributed by atoms with Crippen LogP contribution in [-0.2, 0) is 0 Å². The number of rotatable bonds is 2. The van der Waals surface area contributed by atoms with E-state index in [0.29, 0.717) is 11.3 Å². The molecule has 0 saturated heterocycles. The van der Waals surface area contributed by atoms with Gasteiger partial charge in [0.1, 0.15) is 5.75 Å². The van der Waals surface area contributed by atoms with Crippen molar-refractivity contribution < 1.29 is 4.74 Å². The molecule has 0 unspecified atom stereocenters. The molecule has 0 radical (unpaired) electrons. The molecule has 0 aliphatic rings. The highest BCUT2D eigenvalue weighted by molar-refractivity contribution is 6.33. The zero-order chi connectivity index (χ0) is 11.5. The standard InChI is InChI=1S/C10H7Cl2N3O/c1-16-7-2-6(4-13-5-7)8-3-9(11)14-15-10(8)12/h2-5H,1H3. The quantitative estimate of drug-likeness (QED) is 0.828. The summed E-state index contributed by atoms with van der Waals surface area (Å²) in [5.74, 6) is 0.640. The fraction of sp³-hybridized carbons (Fsp3) is 0.100. The minimum Gasteiger partial charge on any atom is -0.495 e. The van der Waals surface area contributed by atoms with Crippen molar-refractivity contribution >= 4 is 23.2 Å². The maximum Gasteiger partial charge on any atom is 0.159 e. The molecule has 0 atom stereocenters. The average Bonchev–Trinajstić information content (AvgIpc) is 2.32. The van der Waals surface area contributed by atoms with Crippen LogP contribution in [0.4, 0.5) is 0 Å². The monoisotopic (exact) mass is 255 g/mol. The van der Waals surface area contributed by atoms with E-state index in [1.807, 2.05) is 0 Å². The first-order chi connectivity index (χ1) is 7.70. The number of hydrogen-bond acceptors (Lipinski definition) is 4. The largest absolute Gasteiger partial charge is 0.495 e. The summed E-state index contributed by atoms with van der Waals surface area (Å²) < 4.78 is 5.07. The number of nitrogens with zero attached hydrogens (tertiary/aromatic N) is 3. The lowest BCUT2D eigenvalue weighted by Crippen LogP contribution is -1.90. The van der Waals surface area contributed by atoms with E-state index in [0.717, 1.165) is 5.56 Å². The van der Waals surface area contributed by atoms with Crippen LogP contribution in [-0.4, -0.2) is 22.3 Å². The molecule has 0 N–H and O–H groups in total. The molecule has 0 aliphatic heterocycles. The predicted molar refractivity (Wildman–Crippen MR) is 61.8 cm³/mol. The molecule has 2 aromatic heterocycles. The van der Waals surface area contributed by atoms with Gasteiger partial charge in [0.25, 0.3) is 0 Å². The second-order valence-corrected chi connectivity index (χ2v) is 3.73. The topological polar surface area (TPSA) is 47.9 Å². The van der Waals surface area contributed by atoms with Crippen molar-refractivity contribution in [1.82, 2.24) is 15.2 Å². The fourth-order valence-corrected chi connectivity index (χ4v) is 1.58. The first kappa shape index (κ1) is 11.1.